The molecule has 5 nitrogen and oxygen atoms in total. The van der Waals surface area contributed by atoms with Crippen LogP contribution in [-0.2, 0) is 16.6 Å². The third-order valence-electron chi connectivity index (χ3n) is 11.9. The molecule has 2 spiro atoms. The molecule has 0 radical (unpaired) electrons. The van der Waals surface area contributed by atoms with Crippen molar-refractivity contribution in [2.75, 3.05) is 20.2 Å². The zero-order valence-electron chi connectivity index (χ0n) is 21.5. The van der Waals surface area contributed by atoms with Gasteiger partial charge in [0.05, 0.1) is 5.60 Å². The van der Waals surface area contributed by atoms with E-state index in [-0.39, 0.29) is 34.0 Å². The van der Waals surface area contributed by atoms with E-state index in [0.717, 1.165) is 44.6 Å². The van der Waals surface area contributed by atoms with E-state index in [1.807, 2.05) is 20.1 Å². The molecule has 3 unspecified atom stereocenters. The molecular formula is C29H41NO4. The van der Waals surface area contributed by atoms with Crippen molar-refractivity contribution in [3.63, 3.8) is 0 Å². The molecule has 8 rings (SSSR count). The lowest BCUT2D eigenvalue weighted by molar-refractivity contribution is -0.312. The molecule has 7 aliphatic rings. The molecule has 1 aromatic carbocycles. The number of methoxy groups -OCH3 is 1. The number of benzene rings is 1. The highest BCUT2D eigenvalue weighted by atomic mass is 16.6. The number of likely N-dealkylation sites (tertiary alicyclic amines) is 1. The van der Waals surface area contributed by atoms with E-state index in [4.69, 9.17) is 9.47 Å². The van der Waals surface area contributed by atoms with Gasteiger partial charge in [-0.2, -0.15) is 0 Å². The average molecular weight is 468 g/mol. The van der Waals surface area contributed by atoms with Gasteiger partial charge in [-0.15, -0.1) is 0 Å². The minimum absolute atomic E-state index is 0.0294. The fraction of sp³-hybridized carbons (Fsp3) is 0.793. The van der Waals surface area contributed by atoms with Gasteiger partial charge in [0.2, 0.25) is 0 Å². The summed E-state index contributed by atoms with van der Waals surface area (Å²) in [6.07, 6.45) is 7.64. The second-order valence-corrected chi connectivity index (χ2v) is 13.8. The highest BCUT2D eigenvalue weighted by molar-refractivity contribution is 5.63. The van der Waals surface area contributed by atoms with Gasteiger partial charge in [0.25, 0.3) is 0 Å². The van der Waals surface area contributed by atoms with Gasteiger partial charge in [-0.3, -0.25) is 4.90 Å². The first kappa shape index (κ1) is 21.9. The van der Waals surface area contributed by atoms with Gasteiger partial charge in [0.15, 0.2) is 11.5 Å². The molecule has 1 aromatic rings. The van der Waals surface area contributed by atoms with Crippen LogP contribution in [0.5, 0.6) is 11.5 Å². The predicted octanol–water partition coefficient (Wildman–Crippen LogP) is 4.41. The molecule has 2 heterocycles. The minimum atomic E-state index is -0.909. The van der Waals surface area contributed by atoms with Gasteiger partial charge in [0, 0.05) is 42.0 Å². The molecule has 0 amide bonds. The molecule has 5 heteroatoms. The third-order valence-corrected chi connectivity index (χ3v) is 11.9. The van der Waals surface area contributed by atoms with Gasteiger partial charge < -0.3 is 19.7 Å². The lowest BCUT2D eigenvalue weighted by atomic mass is 9.33. The summed E-state index contributed by atoms with van der Waals surface area (Å²) in [6.45, 7) is 10.8. The summed E-state index contributed by atoms with van der Waals surface area (Å²) >= 11 is 0. The van der Waals surface area contributed by atoms with Crippen LogP contribution in [0.25, 0.3) is 0 Å². The lowest BCUT2D eigenvalue weighted by Gasteiger charge is -2.75. The van der Waals surface area contributed by atoms with Crippen LogP contribution in [0.3, 0.4) is 0 Å². The maximum atomic E-state index is 12.2. The zero-order valence-corrected chi connectivity index (χ0v) is 21.5. The molecule has 186 valence electrons. The third kappa shape index (κ3) is 2.25. The topological polar surface area (TPSA) is 62.2 Å². The van der Waals surface area contributed by atoms with Crippen molar-refractivity contribution in [3.05, 3.63) is 23.3 Å². The molecule has 7 atom stereocenters. The lowest BCUT2D eigenvalue weighted by Crippen LogP contribution is -2.83. The summed E-state index contributed by atoms with van der Waals surface area (Å²) in [5.41, 5.74) is 0.783. The fourth-order valence-corrected chi connectivity index (χ4v) is 9.58. The Morgan fingerprint density at radius 1 is 1.15 bits per heavy atom. The molecule has 5 fully saturated rings. The molecule has 34 heavy (non-hydrogen) atoms. The number of hydrogen-bond donors (Lipinski definition) is 2. The van der Waals surface area contributed by atoms with Gasteiger partial charge in [-0.25, -0.2) is 0 Å². The van der Waals surface area contributed by atoms with E-state index in [1.165, 1.54) is 30.5 Å². The molecule has 4 saturated carbocycles. The van der Waals surface area contributed by atoms with E-state index in [1.54, 1.807) is 0 Å². The van der Waals surface area contributed by atoms with E-state index in [2.05, 4.69) is 31.7 Å². The SMILES string of the molecule is COC12CC[C@@]3(C[C@@H]1C(C)(O)C(C)(C)C)[C@H]1Cc4ccc(O)c5c4[C@@]3(CCN1CC1CC1)C2O5. The quantitative estimate of drug-likeness (QED) is 0.687. The van der Waals surface area contributed by atoms with E-state index < -0.39 is 11.2 Å². The van der Waals surface area contributed by atoms with Crippen molar-refractivity contribution >= 4 is 0 Å². The van der Waals surface area contributed by atoms with Crippen LogP contribution in [0.2, 0.25) is 0 Å². The highest BCUT2D eigenvalue weighted by Gasteiger charge is 2.82. The Morgan fingerprint density at radius 3 is 2.59 bits per heavy atom. The largest absolute Gasteiger partial charge is 0.504 e. The Balaban J connectivity index is 1.47. The number of fused-ring (bicyclic) bond motifs is 2. The second kappa shape index (κ2) is 6.33. The molecule has 0 aromatic heterocycles. The summed E-state index contributed by atoms with van der Waals surface area (Å²) in [6, 6.07) is 4.46. The Kier molecular flexibility index (Phi) is 4.08. The van der Waals surface area contributed by atoms with Crippen molar-refractivity contribution in [1.29, 1.82) is 0 Å². The number of phenolic OH excluding ortho intramolecular Hbond substituents is 1. The van der Waals surface area contributed by atoms with Crippen molar-refractivity contribution in [2.45, 2.75) is 101 Å². The summed E-state index contributed by atoms with van der Waals surface area (Å²) in [5.74, 6) is 1.80. The molecule has 4 bridgehead atoms. The Hall–Kier alpha value is -1.30. The summed E-state index contributed by atoms with van der Waals surface area (Å²) < 4.78 is 13.5. The van der Waals surface area contributed by atoms with Gasteiger partial charge in [-0.1, -0.05) is 26.8 Å². The Labute approximate surface area is 203 Å². The average Bonchev–Trinajstić information content (AvgIpc) is 3.53. The second-order valence-electron chi connectivity index (χ2n) is 13.8. The normalized spacial score (nSPS) is 43.9. The Bertz CT molecular complexity index is 1060. The van der Waals surface area contributed by atoms with Gasteiger partial charge in [0.1, 0.15) is 11.7 Å². The van der Waals surface area contributed by atoms with E-state index in [9.17, 15) is 10.2 Å². The fourth-order valence-electron chi connectivity index (χ4n) is 9.58. The maximum absolute atomic E-state index is 12.2. The van der Waals surface area contributed by atoms with Crippen molar-refractivity contribution in [3.8, 4) is 11.5 Å². The summed E-state index contributed by atoms with van der Waals surface area (Å²) in [4.78, 5) is 2.82. The van der Waals surface area contributed by atoms with Crippen molar-refractivity contribution in [1.82, 2.24) is 4.90 Å². The van der Waals surface area contributed by atoms with Crippen LogP contribution in [0.15, 0.2) is 12.1 Å². The van der Waals surface area contributed by atoms with E-state index >= 15 is 0 Å². The molecular weight excluding hydrogens is 426 g/mol. The van der Waals surface area contributed by atoms with Crippen molar-refractivity contribution in [2.24, 2.45) is 22.7 Å². The standard InChI is InChI=1S/C29H41NO4/c1-25(2,3)26(4,32)20-15-27-10-11-29(20,33-5)24-28(27)12-13-30(16-17-6-7-17)21(27)14-18-8-9-19(31)23(34-24)22(18)28/h8-9,17,20-21,24,31-32H,6-7,10-16H2,1-5H3/t20-,21-,24?,26?,27-,28+,29?/m1/s1. The van der Waals surface area contributed by atoms with Crippen LogP contribution in [0.4, 0.5) is 0 Å². The number of hydrogen-bond acceptors (Lipinski definition) is 5. The van der Waals surface area contributed by atoms with Crippen molar-refractivity contribution < 1.29 is 19.7 Å². The summed E-state index contributed by atoms with van der Waals surface area (Å²) in [5, 5.41) is 23.2. The van der Waals surface area contributed by atoms with E-state index in [0.29, 0.717) is 11.8 Å². The first-order chi connectivity index (χ1) is 16.0. The maximum Gasteiger partial charge on any atom is 0.165 e. The number of phenols is 1. The first-order valence-electron chi connectivity index (χ1n) is 13.6. The van der Waals surface area contributed by atoms with Crippen LogP contribution in [-0.4, -0.2) is 58.7 Å². The number of aliphatic hydroxyl groups is 1. The smallest absolute Gasteiger partial charge is 0.165 e. The number of piperidine rings is 1. The van der Waals surface area contributed by atoms with Gasteiger partial charge >= 0.3 is 0 Å². The van der Waals surface area contributed by atoms with Gasteiger partial charge in [-0.05, 0) is 81.4 Å². The zero-order chi connectivity index (χ0) is 23.9. The number of ether oxygens (including phenoxy) is 2. The first-order valence-corrected chi connectivity index (χ1v) is 13.6. The molecule has 1 saturated heterocycles. The molecule has 5 aliphatic carbocycles. The minimum Gasteiger partial charge on any atom is -0.504 e. The molecule has 2 aliphatic heterocycles. The number of aromatic hydroxyl groups is 1. The van der Waals surface area contributed by atoms with Crippen LogP contribution >= 0.6 is 0 Å². The highest BCUT2D eigenvalue weighted by Crippen LogP contribution is 2.78. The predicted molar refractivity (Wildman–Crippen MR) is 130 cm³/mol. The monoisotopic (exact) mass is 467 g/mol. The van der Waals surface area contributed by atoms with Crippen LogP contribution in [0, 0.1) is 22.7 Å². The van der Waals surface area contributed by atoms with Crippen LogP contribution in [0.1, 0.15) is 77.3 Å². The Morgan fingerprint density at radius 2 is 1.91 bits per heavy atom. The number of nitrogens with zero attached hydrogens (tertiary/aromatic N) is 1. The molecule has 2 N–H and O–H groups in total. The number of rotatable bonds is 4. The summed E-state index contributed by atoms with van der Waals surface area (Å²) in [7, 11) is 1.83. The van der Waals surface area contributed by atoms with Crippen LogP contribution < -0.4 is 4.74 Å².